The highest BCUT2D eigenvalue weighted by atomic mass is 16.1. The van der Waals surface area contributed by atoms with E-state index in [9.17, 15) is 4.79 Å². The minimum absolute atomic E-state index is 0.177. The largest absolute Gasteiger partial charge is 0.349 e. The summed E-state index contributed by atoms with van der Waals surface area (Å²) in [5.41, 5.74) is 3.80. The number of nitrogens with one attached hydrogen (secondary N) is 1. The van der Waals surface area contributed by atoms with Crippen molar-refractivity contribution in [2.24, 2.45) is 0 Å². The van der Waals surface area contributed by atoms with Gasteiger partial charge in [-0.05, 0) is 31.4 Å². The van der Waals surface area contributed by atoms with Crippen LogP contribution in [-0.2, 0) is 4.79 Å². The maximum absolute atomic E-state index is 11.1. The Hall–Kier alpha value is -1.31. The highest BCUT2D eigenvalue weighted by Gasteiger charge is 2.23. The lowest BCUT2D eigenvalue weighted by Gasteiger charge is -2.14. The van der Waals surface area contributed by atoms with Gasteiger partial charge in [0.1, 0.15) is 0 Å². The molecule has 0 aromatic heterocycles. The number of benzene rings is 1. The number of amides is 1. The fourth-order valence-electron chi connectivity index (χ4n) is 1.98. The minimum atomic E-state index is 0.177. The molecule has 1 amide bonds. The fraction of sp³-hybridized carbons (Fsp3) is 0.417. The zero-order valence-electron chi connectivity index (χ0n) is 8.63. The molecule has 0 radical (unpaired) electrons. The molecule has 74 valence electrons. The molecule has 1 atom stereocenters. The molecule has 0 spiro atoms. The monoisotopic (exact) mass is 189 g/mol. The van der Waals surface area contributed by atoms with E-state index in [4.69, 9.17) is 0 Å². The number of carbonyl (C=O) groups excluding carboxylic acids is 1. The molecule has 1 fully saturated rings. The second-order valence-electron chi connectivity index (χ2n) is 4.02. The van der Waals surface area contributed by atoms with E-state index in [1.54, 1.807) is 0 Å². The predicted octanol–water partition coefficient (Wildman–Crippen LogP) is 2.25. The maximum atomic E-state index is 11.1. The number of hydrogen-bond donors (Lipinski definition) is 1. The summed E-state index contributed by atoms with van der Waals surface area (Å²) in [6.45, 7) is 4.18. The van der Waals surface area contributed by atoms with Crippen LogP contribution in [0.3, 0.4) is 0 Å². The molecule has 1 aromatic rings. The SMILES string of the molecule is Cc1ccc(C)c([C@@H]2CCC(=O)N2)c1. The third kappa shape index (κ3) is 1.65. The van der Waals surface area contributed by atoms with E-state index in [0.717, 1.165) is 6.42 Å². The van der Waals surface area contributed by atoms with Gasteiger partial charge < -0.3 is 5.32 Å². The van der Waals surface area contributed by atoms with Crippen LogP contribution in [0.4, 0.5) is 0 Å². The van der Waals surface area contributed by atoms with Gasteiger partial charge in [0.25, 0.3) is 0 Å². The van der Waals surface area contributed by atoms with Crippen LogP contribution in [0.1, 0.15) is 35.6 Å². The summed E-state index contributed by atoms with van der Waals surface area (Å²) in [4.78, 5) is 11.1. The molecule has 0 saturated carbocycles. The molecular weight excluding hydrogens is 174 g/mol. The first-order valence-electron chi connectivity index (χ1n) is 5.03. The molecule has 1 aliphatic rings. The van der Waals surface area contributed by atoms with Crippen LogP contribution in [0.15, 0.2) is 18.2 Å². The van der Waals surface area contributed by atoms with Crippen molar-refractivity contribution in [2.45, 2.75) is 32.7 Å². The van der Waals surface area contributed by atoms with Crippen molar-refractivity contribution in [1.29, 1.82) is 0 Å². The van der Waals surface area contributed by atoms with Crippen LogP contribution in [0.25, 0.3) is 0 Å². The zero-order valence-corrected chi connectivity index (χ0v) is 8.63. The van der Waals surface area contributed by atoms with Gasteiger partial charge in [0.15, 0.2) is 0 Å². The Morgan fingerprint density at radius 3 is 2.79 bits per heavy atom. The third-order valence-electron chi connectivity index (χ3n) is 2.81. The summed E-state index contributed by atoms with van der Waals surface area (Å²) in [5.74, 6) is 0.177. The summed E-state index contributed by atoms with van der Waals surface area (Å²) in [7, 11) is 0. The zero-order chi connectivity index (χ0) is 10.1. The summed E-state index contributed by atoms with van der Waals surface area (Å²) in [6.07, 6.45) is 1.60. The molecule has 1 aromatic carbocycles. The van der Waals surface area contributed by atoms with Gasteiger partial charge in [0, 0.05) is 6.42 Å². The van der Waals surface area contributed by atoms with Gasteiger partial charge in [-0.15, -0.1) is 0 Å². The van der Waals surface area contributed by atoms with Gasteiger partial charge in [-0.25, -0.2) is 0 Å². The van der Waals surface area contributed by atoms with Crippen molar-refractivity contribution in [1.82, 2.24) is 5.32 Å². The normalized spacial score (nSPS) is 21.0. The van der Waals surface area contributed by atoms with Crippen LogP contribution in [0, 0.1) is 13.8 Å². The first-order chi connectivity index (χ1) is 6.66. The van der Waals surface area contributed by atoms with Crippen molar-refractivity contribution in [2.75, 3.05) is 0 Å². The summed E-state index contributed by atoms with van der Waals surface area (Å²) in [6, 6.07) is 6.64. The molecule has 14 heavy (non-hydrogen) atoms. The third-order valence-corrected chi connectivity index (χ3v) is 2.81. The maximum Gasteiger partial charge on any atom is 0.220 e. The average Bonchev–Trinajstić information content (AvgIpc) is 2.56. The second kappa shape index (κ2) is 3.45. The highest BCUT2D eigenvalue weighted by Crippen LogP contribution is 2.26. The van der Waals surface area contributed by atoms with Crippen LogP contribution in [0.2, 0.25) is 0 Å². The summed E-state index contributed by atoms with van der Waals surface area (Å²) < 4.78 is 0. The van der Waals surface area contributed by atoms with Crippen LogP contribution >= 0.6 is 0 Å². The van der Waals surface area contributed by atoms with E-state index >= 15 is 0 Å². The summed E-state index contributed by atoms with van der Waals surface area (Å²) >= 11 is 0. The topological polar surface area (TPSA) is 29.1 Å². The lowest BCUT2D eigenvalue weighted by atomic mass is 9.98. The molecule has 2 rings (SSSR count). The van der Waals surface area contributed by atoms with Crippen molar-refractivity contribution >= 4 is 5.91 Å². The number of aryl methyl sites for hydroxylation is 2. The molecule has 0 bridgehead atoms. The van der Waals surface area contributed by atoms with Crippen LogP contribution < -0.4 is 5.32 Å². The van der Waals surface area contributed by atoms with Crippen molar-refractivity contribution in [3.63, 3.8) is 0 Å². The molecule has 1 saturated heterocycles. The average molecular weight is 189 g/mol. The van der Waals surface area contributed by atoms with Gasteiger partial charge in [0.05, 0.1) is 6.04 Å². The van der Waals surface area contributed by atoms with Gasteiger partial charge in [-0.1, -0.05) is 23.8 Å². The molecule has 1 aliphatic heterocycles. The van der Waals surface area contributed by atoms with Crippen LogP contribution in [-0.4, -0.2) is 5.91 Å². The van der Waals surface area contributed by atoms with Gasteiger partial charge >= 0.3 is 0 Å². The van der Waals surface area contributed by atoms with Gasteiger partial charge in [-0.3, -0.25) is 4.79 Å². The first kappa shape index (κ1) is 9.25. The van der Waals surface area contributed by atoms with E-state index in [1.807, 2.05) is 0 Å². The molecule has 2 nitrogen and oxygen atoms in total. The minimum Gasteiger partial charge on any atom is -0.349 e. The summed E-state index contributed by atoms with van der Waals surface area (Å²) in [5, 5.41) is 3.00. The lowest BCUT2D eigenvalue weighted by molar-refractivity contribution is -0.119. The molecule has 0 unspecified atom stereocenters. The second-order valence-corrected chi connectivity index (χ2v) is 4.02. The van der Waals surface area contributed by atoms with Crippen molar-refractivity contribution in [3.8, 4) is 0 Å². The number of rotatable bonds is 1. The van der Waals surface area contributed by atoms with E-state index < -0.39 is 0 Å². The highest BCUT2D eigenvalue weighted by molar-refractivity contribution is 5.78. The number of hydrogen-bond acceptors (Lipinski definition) is 1. The Morgan fingerprint density at radius 1 is 1.36 bits per heavy atom. The Kier molecular flexibility index (Phi) is 2.28. The van der Waals surface area contributed by atoms with Gasteiger partial charge in [0.2, 0.25) is 5.91 Å². The lowest BCUT2D eigenvalue weighted by Crippen LogP contribution is -2.19. The van der Waals surface area contributed by atoms with E-state index in [0.29, 0.717) is 6.42 Å². The Labute approximate surface area is 84.3 Å². The quantitative estimate of drug-likeness (QED) is 0.721. The van der Waals surface area contributed by atoms with Crippen LogP contribution in [0.5, 0.6) is 0 Å². The standard InChI is InChI=1S/C12H15NO/c1-8-3-4-9(2)10(7-8)11-5-6-12(14)13-11/h3-4,7,11H,5-6H2,1-2H3,(H,13,14)/t11-/m0/s1. The van der Waals surface area contributed by atoms with Gasteiger partial charge in [-0.2, -0.15) is 0 Å². The smallest absolute Gasteiger partial charge is 0.220 e. The predicted molar refractivity (Wildman–Crippen MR) is 56.0 cm³/mol. The van der Waals surface area contributed by atoms with Crippen molar-refractivity contribution in [3.05, 3.63) is 34.9 Å². The van der Waals surface area contributed by atoms with E-state index in [-0.39, 0.29) is 11.9 Å². The Morgan fingerprint density at radius 2 is 2.14 bits per heavy atom. The molecular formula is C12H15NO. The Bertz CT molecular complexity index is 371. The molecule has 0 aliphatic carbocycles. The molecule has 1 heterocycles. The van der Waals surface area contributed by atoms with Crippen molar-refractivity contribution < 1.29 is 4.79 Å². The van der Waals surface area contributed by atoms with E-state index in [1.165, 1.54) is 16.7 Å². The molecule has 1 N–H and O–H groups in total. The number of carbonyl (C=O) groups is 1. The molecule has 2 heteroatoms. The first-order valence-corrected chi connectivity index (χ1v) is 5.03. The Balaban J connectivity index is 2.31. The van der Waals surface area contributed by atoms with E-state index in [2.05, 4.69) is 37.4 Å². The fourth-order valence-corrected chi connectivity index (χ4v) is 1.98.